The van der Waals surface area contributed by atoms with Crippen LogP contribution < -0.4 is 10.2 Å². The van der Waals surface area contributed by atoms with E-state index in [9.17, 15) is 9.90 Å². The molecule has 0 aliphatic carbocycles. The van der Waals surface area contributed by atoms with Gasteiger partial charge in [-0.2, -0.15) is 0 Å². The second-order valence-corrected chi connectivity index (χ2v) is 4.39. The fourth-order valence-corrected chi connectivity index (χ4v) is 2.37. The lowest BCUT2D eigenvalue weighted by molar-refractivity contribution is 0.0908. The number of fused-ring (bicyclic) bond motifs is 1. The molecule has 2 aromatic rings. The summed E-state index contributed by atoms with van der Waals surface area (Å²) < 4.78 is 0. The molecule has 1 unspecified atom stereocenters. The van der Waals surface area contributed by atoms with E-state index in [2.05, 4.69) is 5.32 Å². The molecule has 2 aromatic carbocycles. The first-order valence-electron chi connectivity index (χ1n) is 6.16. The number of carbonyl (C=O) groups excluding carboxylic acids is 1. The van der Waals surface area contributed by atoms with Crippen molar-refractivity contribution in [2.45, 2.75) is 6.17 Å². The fraction of sp³-hybridized carbons (Fsp3) is 0.133. The number of hydrogen-bond acceptors (Lipinski definition) is 3. The Morgan fingerprint density at radius 2 is 1.74 bits per heavy atom. The molecular weight excluding hydrogens is 240 g/mol. The van der Waals surface area contributed by atoms with Gasteiger partial charge in [0.1, 0.15) is 6.17 Å². The van der Waals surface area contributed by atoms with E-state index < -0.39 is 6.17 Å². The van der Waals surface area contributed by atoms with Crippen molar-refractivity contribution in [2.24, 2.45) is 0 Å². The summed E-state index contributed by atoms with van der Waals surface area (Å²) in [6.07, 6.45) is -0.440. The predicted molar refractivity (Wildman–Crippen MR) is 73.4 cm³/mol. The van der Waals surface area contributed by atoms with E-state index in [4.69, 9.17) is 0 Å². The molecular formula is C15H14N2O2. The zero-order valence-corrected chi connectivity index (χ0v) is 10.3. The van der Waals surface area contributed by atoms with E-state index in [-0.39, 0.29) is 12.5 Å². The van der Waals surface area contributed by atoms with Crippen LogP contribution in [0.4, 0.5) is 11.4 Å². The summed E-state index contributed by atoms with van der Waals surface area (Å²) in [5, 5.41) is 12.3. The molecule has 0 fully saturated rings. The molecule has 1 heterocycles. The van der Waals surface area contributed by atoms with E-state index in [1.165, 1.54) is 0 Å². The Bertz CT molecular complexity index is 598. The molecule has 0 saturated carbocycles. The summed E-state index contributed by atoms with van der Waals surface area (Å²) in [5.41, 5.74) is 2.38. The third kappa shape index (κ3) is 1.96. The van der Waals surface area contributed by atoms with Crippen LogP contribution in [0.3, 0.4) is 0 Å². The molecule has 96 valence electrons. The smallest absolute Gasteiger partial charge is 0.255 e. The molecule has 0 bridgehead atoms. The normalized spacial score (nSPS) is 17.8. The van der Waals surface area contributed by atoms with Gasteiger partial charge >= 0.3 is 0 Å². The quantitative estimate of drug-likeness (QED) is 0.860. The highest BCUT2D eigenvalue weighted by Crippen LogP contribution is 2.32. The van der Waals surface area contributed by atoms with Crippen LogP contribution >= 0.6 is 0 Å². The van der Waals surface area contributed by atoms with Gasteiger partial charge in [-0.15, -0.1) is 0 Å². The summed E-state index contributed by atoms with van der Waals surface area (Å²) >= 11 is 0. The van der Waals surface area contributed by atoms with Crippen LogP contribution in [-0.4, -0.2) is 23.8 Å². The molecule has 4 nitrogen and oxygen atoms in total. The van der Waals surface area contributed by atoms with Crippen molar-refractivity contribution in [3.8, 4) is 0 Å². The monoisotopic (exact) mass is 254 g/mol. The maximum absolute atomic E-state index is 12.0. The topological polar surface area (TPSA) is 52.6 Å². The van der Waals surface area contributed by atoms with E-state index in [1.807, 2.05) is 53.4 Å². The largest absolute Gasteiger partial charge is 0.392 e. The van der Waals surface area contributed by atoms with Crippen LogP contribution in [0.25, 0.3) is 0 Å². The Morgan fingerprint density at radius 1 is 1.05 bits per heavy atom. The average molecular weight is 254 g/mol. The fourth-order valence-electron chi connectivity index (χ4n) is 2.37. The van der Waals surface area contributed by atoms with Gasteiger partial charge in [-0.3, -0.25) is 4.79 Å². The Hall–Kier alpha value is -2.33. The highest BCUT2D eigenvalue weighted by atomic mass is 16.3. The second kappa shape index (κ2) is 4.74. The van der Waals surface area contributed by atoms with Crippen LogP contribution in [0, 0.1) is 0 Å². The van der Waals surface area contributed by atoms with Crippen molar-refractivity contribution >= 4 is 17.3 Å². The van der Waals surface area contributed by atoms with Crippen molar-refractivity contribution in [3.63, 3.8) is 0 Å². The molecule has 0 aromatic heterocycles. The summed E-state index contributed by atoms with van der Waals surface area (Å²) in [5.74, 6) is -0.151. The molecule has 19 heavy (non-hydrogen) atoms. The molecule has 3 rings (SSSR count). The summed E-state index contributed by atoms with van der Waals surface area (Å²) in [4.78, 5) is 13.9. The number of hydrogen-bond donors (Lipinski definition) is 2. The standard InChI is InChI=1S/C15H14N2O2/c18-10-14-16-15(19)12-8-4-5-9-13(12)17(14)11-6-2-1-3-7-11/h1-9,14,18H,10H2,(H,16,19). The van der Waals surface area contributed by atoms with Crippen molar-refractivity contribution in [1.82, 2.24) is 5.32 Å². The number of benzene rings is 2. The number of nitrogens with zero attached hydrogens (tertiary/aromatic N) is 1. The van der Waals surface area contributed by atoms with Crippen molar-refractivity contribution in [2.75, 3.05) is 11.5 Å². The summed E-state index contributed by atoms with van der Waals surface area (Å²) in [7, 11) is 0. The molecule has 1 atom stereocenters. The molecule has 4 heteroatoms. The maximum atomic E-state index is 12.0. The SMILES string of the molecule is O=C1NC(CO)N(c2ccccc2)c2ccccc21. The number of rotatable bonds is 2. The van der Waals surface area contributed by atoms with Crippen LogP contribution in [0.1, 0.15) is 10.4 Å². The number of para-hydroxylation sites is 2. The molecule has 2 N–H and O–H groups in total. The Balaban J connectivity index is 2.15. The molecule has 1 aliphatic rings. The predicted octanol–water partition coefficient (Wildman–Crippen LogP) is 1.89. The van der Waals surface area contributed by atoms with E-state index in [0.717, 1.165) is 11.4 Å². The van der Waals surface area contributed by atoms with Crippen LogP contribution in [0.5, 0.6) is 0 Å². The van der Waals surface area contributed by atoms with E-state index >= 15 is 0 Å². The van der Waals surface area contributed by atoms with Crippen LogP contribution in [0.2, 0.25) is 0 Å². The zero-order chi connectivity index (χ0) is 13.2. The van der Waals surface area contributed by atoms with Gasteiger partial charge in [0.05, 0.1) is 17.9 Å². The van der Waals surface area contributed by atoms with Gasteiger partial charge in [0, 0.05) is 5.69 Å². The van der Waals surface area contributed by atoms with Crippen molar-refractivity contribution in [1.29, 1.82) is 0 Å². The van der Waals surface area contributed by atoms with Crippen molar-refractivity contribution < 1.29 is 9.90 Å². The molecule has 0 saturated heterocycles. The molecule has 1 amide bonds. The lowest BCUT2D eigenvalue weighted by Crippen LogP contribution is -2.52. The minimum Gasteiger partial charge on any atom is -0.392 e. The lowest BCUT2D eigenvalue weighted by Gasteiger charge is -2.38. The number of anilines is 2. The van der Waals surface area contributed by atoms with Crippen LogP contribution in [-0.2, 0) is 0 Å². The number of aliphatic hydroxyl groups is 1. The van der Waals surface area contributed by atoms with Crippen molar-refractivity contribution in [3.05, 3.63) is 60.2 Å². The lowest BCUT2D eigenvalue weighted by atomic mass is 10.1. The van der Waals surface area contributed by atoms with Gasteiger partial charge in [0.2, 0.25) is 0 Å². The minimum absolute atomic E-state index is 0.144. The van der Waals surface area contributed by atoms with Gasteiger partial charge in [-0.25, -0.2) is 0 Å². The zero-order valence-electron chi connectivity index (χ0n) is 10.3. The Morgan fingerprint density at radius 3 is 2.47 bits per heavy atom. The number of carbonyl (C=O) groups is 1. The molecule has 0 radical (unpaired) electrons. The van der Waals surface area contributed by atoms with Gasteiger partial charge < -0.3 is 15.3 Å². The van der Waals surface area contributed by atoms with Gasteiger partial charge in [0.15, 0.2) is 0 Å². The molecule has 0 spiro atoms. The Labute approximate surface area is 111 Å². The maximum Gasteiger partial charge on any atom is 0.255 e. The molecule has 1 aliphatic heterocycles. The number of aliphatic hydroxyl groups excluding tert-OH is 1. The summed E-state index contributed by atoms with van der Waals surface area (Å²) in [6.45, 7) is -0.144. The van der Waals surface area contributed by atoms with Crippen LogP contribution in [0.15, 0.2) is 54.6 Å². The highest BCUT2D eigenvalue weighted by molar-refractivity contribution is 6.03. The highest BCUT2D eigenvalue weighted by Gasteiger charge is 2.30. The average Bonchev–Trinajstić information content (AvgIpc) is 2.48. The van der Waals surface area contributed by atoms with Gasteiger partial charge in [0.25, 0.3) is 5.91 Å². The van der Waals surface area contributed by atoms with E-state index in [1.54, 1.807) is 6.07 Å². The first kappa shape index (κ1) is 11.7. The number of amides is 1. The van der Waals surface area contributed by atoms with E-state index in [0.29, 0.717) is 5.56 Å². The minimum atomic E-state index is -0.440. The third-order valence-corrected chi connectivity index (χ3v) is 3.22. The number of nitrogens with one attached hydrogen (secondary N) is 1. The second-order valence-electron chi connectivity index (χ2n) is 4.39. The third-order valence-electron chi connectivity index (χ3n) is 3.22. The first-order chi connectivity index (χ1) is 9.31. The van der Waals surface area contributed by atoms with Gasteiger partial charge in [-0.05, 0) is 24.3 Å². The summed E-state index contributed by atoms with van der Waals surface area (Å²) in [6, 6.07) is 17.1. The van der Waals surface area contributed by atoms with Gasteiger partial charge in [-0.1, -0.05) is 30.3 Å². The first-order valence-corrected chi connectivity index (χ1v) is 6.16. The Kier molecular flexibility index (Phi) is 2.93.